The molecule has 0 bridgehead atoms. The molecule has 0 saturated carbocycles. The maximum atomic E-state index is 4.31. The van der Waals surface area contributed by atoms with E-state index >= 15 is 0 Å². The van der Waals surface area contributed by atoms with Crippen molar-refractivity contribution in [1.82, 2.24) is 15.5 Å². The third-order valence-electron chi connectivity index (χ3n) is 4.89. The molecule has 1 saturated heterocycles. The molecule has 1 fully saturated rings. The summed E-state index contributed by atoms with van der Waals surface area (Å²) >= 11 is 0. The second-order valence-corrected chi connectivity index (χ2v) is 6.98. The molecule has 0 amide bonds. The van der Waals surface area contributed by atoms with Gasteiger partial charge in [0.05, 0.1) is 0 Å². The summed E-state index contributed by atoms with van der Waals surface area (Å²) in [4.78, 5) is 6.94. The maximum Gasteiger partial charge on any atom is 0.190 e. The van der Waals surface area contributed by atoms with Crippen LogP contribution in [0.1, 0.15) is 50.5 Å². The Bertz CT molecular complexity index is 472. The summed E-state index contributed by atoms with van der Waals surface area (Å²) in [6.45, 7) is 5.89. The third-order valence-corrected chi connectivity index (χ3v) is 4.89. The largest absolute Gasteiger partial charge is 0.356 e. The van der Waals surface area contributed by atoms with Gasteiger partial charge < -0.3 is 15.5 Å². The summed E-state index contributed by atoms with van der Waals surface area (Å²) in [5.41, 5.74) is 1.40. The first-order chi connectivity index (χ1) is 12.4. The maximum absolute atomic E-state index is 4.31. The lowest BCUT2D eigenvalue weighted by molar-refractivity contribution is 0.224. The van der Waals surface area contributed by atoms with E-state index in [1.54, 1.807) is 0 Å². The van der Waals surface area contributed by atoms with Crippen molar-refractivity contribution in [3.63, 3.8) is 0 Å². The number of rotatable bonds is 10. The highest BCUT2D eigenvalue weighted by molar-refractivity contribution is 14.0. The van der Waals surface area contributed by atoms with Gasteiger partial charge in [-0.2, -0.15) is 0 Å². The van der Waals surface area contributed by atoms with Gasteiger partial charge in [0, 0.05) is 20.1 Å². The lowest BCUT2D eigenvalue weighted by atomic mass is 10.1. The Balaban J connectivity index is 0.00000338. The minimum atomic E-state index is 0. The van der Waals surface area contributed by atoms with Crippen LogP contribution in [0.2, 0.25) is 0 Å². The van der Waals surface area contributed by atoms with Crippen LogP contribution in [0.5, 0.6) is 0 Å². The zero-order chi connectivity index (χ0) is 17.6. The van der Waals surface area contributed by atoms with Gasteiger partial charge in [0.2, 0.25) is 0 Å². The molecule has 5 heteroatoms. The van der Waals surface area contributed by atoms with Crippen LogP contribution in [0, 0.1) is 0 Å². The molecule has 1 aromatic carbocycles. The third kappa shape index (κ3) is 10.4. The van der Waals surface area contributed by atoms with Gasteiger partial charge in [0.15, 0.2) is 5.96 Å². The Morgan fingerprint density at radius 1 is 0.923 bits per heavy atom. The van der Waals surface area contributed by atoms with Crippen LogP contribution < -0.4 is 10.6 Å². The minimum Gasteiger partial charge on any atom is -0.356 e. The molecule has 1 aromatic rings. The van der Waals surface area contributed by atoms with Crippen molar-refractivity contribution >= 4 is 29.9 Å². The summed E-state index contributed by atoms with van der Waals surface area (Å²) in [7, 11) is 1.85. The van der Waals surface area contributed by atoms with Crippen molar-refractivity contribution in [2.75, 3.05) is 39.8 Å². The zero-order valence-corrected chi connectivity index (χ0v) is 18.7. The van der Waals surface area contributed by atoms with E-state index in [0.717, 1.165) is 31.9 Å². The van der Waals surface area contributed by atoms with E-state index in [2.05, 4.69) is 50.9 Å². The summed E-state index contributed by atoms with van der Waals surface area (Å²) in [5.74, 6) is 0.934. The number of guanidine groups is 1. The van der Waals surface area contributed by atoms with E-state index in [1.807, 2.05) is 7.05 Å². The SMILES string of the molecule is CN=C(NCCCCCN1CCCCC1)NCCCc1ccccc1.I. The van der Waals surface area contributed by atoms with E-state index in [1.165, 1.54) is 63.7 Å². The lowest BCUT2D eigenvalue weighted by Gasteiger charge is -2.26. The normalized spacial score (nSPS) is 15.3. The lowest BCUT2D eigenvalue weighted by Crippen LogP contribution is -2.38. The molecule has 0 aliphatic carbocycles. The summed E-state index contributed by atoms with van der Waals surface area (Å²) in [6, 6.07) is 10.7. The molecule has 0 radical (unpaired) electrons. The first kappa shape index (κ1) is 23.2. The van der Waals surface area contributed by atoms with E-state index in [9.17, 15) is 0 Å². The number of benzene rings is 1. The molecule has 26 heavy (non-hydrogen) atoms. The Labute approximate surface area is 177 Å². The molecule has 2 rings (SSSR count). The monoisotopic (exact) mass is 472 g/mol. The van der Waals surface area contributed by atoms with Gasteiger partial charge in [-0.25, -0.2) is 0 Å². The van der Waals surface area contributed by atoms with E-state index < -0.39 is 0 Å². The fraction of sp³-hybridized carbons (Fsp3) is 0.667. The number of halogens is 1. The number of nitrogens with one attached hydrogen (secondary N) is 2. The van der Waals surface area contributed by atoms with Crippen molar-refractivity contribution in [2.24, 2.45) is 4.99 Å². The van der Waals surface area contributed by atoms with Crippen molar-refractivity contribution in [3.8, 4) is 0 Å². The van der Waals surface area contributed by atoms with Crippen LogP contribution in [0.15, 0.2) is 35.3 Å². The fourth-order valence-electron chi connectivity index (χ4n) is 3.39. The number of nitrogens with zero attached hydrogens (tertiary/aromatic N) is 2. The standard InChI is InChI=1S/C21H36N4.HI/c1-22-21(24-16-11-14-20-12-5-2-6-13-20)23-15-7-3-8-17-25-18-9-4-10-19-25;/h2,5-6,12-13H,3-4,7-11,14-19H2,1H3,(H2,22,23,24);1H. The summed E-state index contributed by atoms with van der Waals surface area (Å²) in [5, 5.41) is 6.84. The molecule has 0 spiro atoms. The highest BCUT2D eigenvalue weighted by atomic mass is 127. The molecule has 148 valence electrons. The number of likely N-dealkylation sites (tertiary alicyclic amines) is 1. The average molecular weight is 472 g/mol. The van der Waals surface area contributed by atoms with Crippen molar-refractivity contribution < 1.29 is 0 Å². The smallest absolute Gasteiger partial charge is 0.190 e. The van der Waals surface area contributed by atoms with Crippen molar-refractivity contribution in [2.45, 2.75) is 51.4 Å². The predicted molar refractivity (Wildman–Crippen MR) is 124 cm³/mol. The molecule has 0 atom stereocenters. The molecule has 2 N–H and O–H groups in total. The molecule has 1 heterocycles. The highest BCUT2D eigenvalue weighted by Crippen LogP contribution is 2.09. The van der Waals surface area contributed by atoms with Gasteiger partial charge in [-0.1, -0.05) is 43.2 Å². The van der Waals surface area contributed by atoms with Gasteiger partial charge in [0.1, 0.15) is 0 Å². The molecule has 0 aromatic heterocycles. The molecule has 1 aliphatic heterocycles. The van der Waals surface area contributed by atoms with Crippen LogP contribution in [0.4, 0.5) is 0 Å². The van der Waals surface area contributed by atoms with E-state index in [4.69, 9.17) is 0 Å². The van der Waals surface area contributed by atoms with Crippen LogP contribution in [0.3, 0.4) is 0 Å². The number of aliphatic imine (C=N–C) groups is 1. The number of piperidine rings is 1. The topological polar surface area (TPSA) is 39.7 Å². The van der Waals surface area contributed by atoms with Crippen molar-refractivity contribution in [3.05, 3.63) is 35.9 Å². The Morgan fingerprint density at radius 3 is 2.31 bits per heavy atom. The number of hydrogen-bond donors (Lipinski definition) is 2. The first-order valence-corrected chi connectivity index (χ1v) is 10.1. The van der Waals surface area contributed by atoms with Gasteiger partial charge in [-0.15, -0.1) is 24.0 Å². The molecule has 4 nitrogen and oxygen atoms in total. The second-order valence-electron chi connectivity index (χ2n) is 6.98. The predicted octanol–water partition coefficient (Wildman–Crippen LogP) is 4.06. The minimum absolute atomic E-state index is 0. The quantitative estimate of drug-likeness (QED) is 0.234. The van der Waals surface area contributed by atoms with Gasteiger partial charge in [0.25, 0.3) is 0 Å². The first-order valence-electron chi connectivity index (χ1n) is 10.1. The second kappa shape index (κ2) is 15.3. The van der Waals surface area contributed by atoms with Crippen molar-refractivity contribution in [1.29, 1.82) is 0 Å². The molecular weight excluding hydrogens is 435 g/mol. The van der Waals surface area contributed by atoms with E-state index in [0.29, 0.717) is 0 Å². The fourth-order valence-corrected chi connectivity index (χ4v) is 3.39. The highest BCUT2D eigenvalue weighted by Gasteiger charge is 2.08. The van der Waals surface area contributed by atoms with Crippen LogP contribution >= 0.6 is 24.0 Å². The molecule has 1 aliphatic rings. The molecular formula is C21H37IN4. The summed E-state index contributed by atoms with van der Waals surface area (Å²) < 4.78 is 0. The van der Waals surface area contributed by atoms with E-state index in [-0.39, 0.29) is 24.0 Å². The Kier molecular flexibility index (Phi) is 13.6. The Hall–Kier alpha value is -0.820. The summed E-state index contributed by atoms with van der Waals surface area (Å²) in [6.07, 6.45) is 10.3. The number of hydrogen-bond acceptors (Lipinski definition) is 2. The van der Waals surface area contributed by atoms with Crippen LogP contribution in [-0.4, -0.2) is 50.6 Å². The molecule has 0 unspecified atom stereocenters. The average Bonchev–Trinajstić information content (AvgIpc) is 2.67. The van der Waals surface area contributed by atoms with Crippen LogP contribution in [-0.2, 0) is 6.42 Å². The van der Waals surface area contributed by atoms with Gasteiger partial charge in [-0.05, 0) is 63.7 Å². The Morgan fingerprint density at radius 2 is 1.62 bits per heavy atom. The number of aryl methyl sites for hydroxylation is 1. The number of unbranched alkanes of at least 4 members (excludes halogenated alkanes) is 2. The van der Waals surface area contributed by atoms with Gasteiger partial charge >= 0.3 is 0 Å². The van der Waals surface area contributed by atoms with Crippen LogP contribution in [0.25, 0.3) is 0 Å². The zero-order valence-electron chi connectivity index (χ0n) is 16.4. The van der Waals surface area contributed by atoms with Gasteiger partial charge in [-0.3, -0.25) is 4.99 Å².